The van der Waals surface area contributed by atoms with Crippen LogP contribution in [0, 0.1) is 35.0 Å². The van der Waals surface area contributed by atoms with E-state index < -0.39 is 34.8 Å². The molecule has 0 atom stereocenters. The first-order valence-electron chi connectivity index (χ1n) is 11.5. The van der Waals surface area contributed by atoms with E-state index in [1.807, 2.05) is 0 Å². The lowest BCUT2D eigenvalue weighted by molar-refractivity contribution is 0.193. The molecule has 0 aliphatic heterocycles. The summed E-state index contributed by atoms with van der Waals surface area (Å²) in [5, 5.41) is 9.30. The second-order valence-corrected chi connectivity index (χ2v) is 8.65. The zero-order valence-electron chi connectivity index (χ0n) is 19.1. The molecule has 8 heteroatoms. The summed E-state index contributed by atoms with van der Waals surface area (Å²) in [4.78, 5) is 0. The molecule has 0 unspecified atom stereocenters. The fraction of sp³-hybridized carbons (Fsp3) is 0.333. The van der Waals surface area contributed by atoms with Crippen LogP contribution in [0.4, 0.5) is 22.0 Å². The van der Waals surface area contributed by atoms with Crippen LogP contribution in [0.1, 0.15) is 44.1 Å². The molecule has 0 amide bonds. The average Bonchev–Trinajstić information content (AvgIpc) is 2.85. The van der Waals surface area contributed by atoms with Crippen LogP contribution in [0.15, 0.2) is 42.5 Å². The molecule has 1 fully saturated rings. The topological polar surface area (TPSA) is 38.7 Å². The van der Waals surface area contributed by atoms with Gasteiger partial charge < -0.3 is 14.6 Å². The molecule has 3 aromatic carbocycles. The number of phenolic OH excluding ortho intramolecular Hbond substituents is 1. The van der Waals surface area contributed by atoms with Crippen molar-refractivity contribution in [3.8, 4) is 28.4 Å². The van der Waals surface area contributed by atoms with Crippen molar-refractivity contribution in [3.05, 3.63) is 77.1 Å². The van der Waals surface area contributed by atoms with Crippen molar-refractivity contribution in [2.75, 3.05) is 13.2 Å². The number of rotatable bonds is 7. The zero-order chi connectivity index (χ0) is 25.1. The first-order chi connectivity index (χ1) is 16.8. The van der Waals surface area contributed by atoms with E-state index in [1.54, 1.807) is 6.92 Å². The Morgan fingerprint density at radius 3 is 2.17 bits per heavy atom. The van der Waals surface area contributed by atoms with Gasteiger partial charge in [0.15, 0.2) is 34.7 Å². The Morgan fingerprint density at radius 2 is 1.49 bits per heavy atom. The molecule has 1 N–H and O–H groups in total. The largest absolute Gasteiger partial charge is 0.505 e. The normalized spacial score (nSPS) is 17.9. The van der Waals surface area contributed by atoms with Crippen molar-refractivity contribution in [2.24, 2.45) is 5.92 Å². The Labute approximate surface area is 200 Å². The van der Waals surface area contributed by atoms with Gasteiger partial charge >= 0.3 is 0 Å². The van der Waals surface area contributed by atoms with Gasteiger partial charge in [0, 0.05) is 5.56 Å². The van der Waals surface area contributed by atoms with Gasteiger partial charge in [-0.1, -0.05) is 12.1 Å². The summed E-state index contributed by atoms with van der Waals surface area (Å²) in [5.41, 5.74) is 0.324. The van der Waals surface area contributed by atoms with E-state index in [9.17, 15) is 27.1 Å². The van der Waals surface area contributed by atoms with E-state index in [2.05, 4.69) is 0 Å². The molecule has 0 spiro atoms. The van der Waals surface area contributed by atoms with Crippen molar-refractivity contribution in [1.29, 1.82) is 0 Å². The molecular formula is C27H25F5O3. The molecule has 1 aliphatic carbocycles. The summed E-state index contributed by atoms with van der Waals surface area (Å²) >= 11 is 0. The Kier molecular flexibility index (Phi) is 7.48. The molecule has 35 heavy (non-hydrogen) atoms. The van der Waals surface area contributed by atoms with Gasteiger partial charge in [0.1, 0.15) is 0 Å². The Morgan fingerprint density at radius 1 is 0.771 bits per heavy atom. The molecule has 0 saturated heterocycles. The van der Waals surface area contributed by atoms with Crippen molar-refractivity contribution in [2.45, 2.75) is 38.5 Å². The van der Waals surface area contributed by atoms with Crippen LogP contribution in [-0.4, -0.2) is 18.3 Å². The van der Waals surface area contributed by atoms with Crippen molar-refractivity contribution >= 4 is 0 Å². The molecular weight excluding hydrogens is 467 g/mol. The summed E-state index contributed by atoms with van der Waals surface area (Å²) in [6.07, 6.45) is 2.59. The Balaban J connectivity index is 1.37. The van der Waals surface area contributed by atoms with Crippen molar-refractivity contribution in [3.63, 3.8) is 0 Å². The Hall–Kier alpha value is -3.29. The van der Waals surface area contributed by atoms with Crippen LogP contribution < -0.4 is 9.47 Å². The molecule has 4 rings (SSSR count). The smallest absolute Gasteiger partial charge is 0.201 e. The lowest BCUT2D eigenvalue weighted by Gasteiger charge is -2.29. The van der Waals surface area contributed by atoms with Gasteiger partial charge in [0.05, 0.1) is 13.2 Å². The number of benzene rings is 3. The number of phenols is 1. The minimum absolute atomic E-state index is 0.00524. The molecule has 3 nitrogen and oxygen atoms in total. The highest BCUT2D eigenvalue weighted by Gasteiger charge is 2.27. The summed E-state index contributed by atoms with van der Waals surface area (Å²) in [6.45, 7) is 2.08. The van der Waals surface area contributed by atoms with Crippen LogP contribution in [0.2, 0.25) is 0 Å². The van der Waals surface area contributed by atoms with Crippen LogP contribution in [0.3, 0.4) is 0 Å². The molecule has 0 radical (unpaired) electrons. The zero-order valence-corrected chi connectivity index (χ0v) is 19.1. The minimum Gasteiger partial charge on any atom is -0.505 e. The fourth-order valence-corrected chi connectivity index (χ4v) is 4.52. The van der Waals surface area contributed by atoms with Crippen LogP contribution in [0.25, 0.3) is 11.1 Å². The third-order valence-electron chi connectivity index (χ3n) is 6.44. The van der Waals surface area contributed by atoms with Crippen molar-refractivity contribution < 1.29 is 36.5 Å². The lowest BCUT2D eigenvalue weighted by Crippen LogP contribution is -2.20. The standard InChI is InChI=1S/C27H25F5O3/c1-2-34-23-12-9-19(25(30)27(23)32)17-7-11-22(20(28)13-17)35-14-15-3-5-16(6-4-15)18-8-10-21(33)26(31)24(18)29/h7-13,15-16,33H,2-6,14H2,1H3. The monoisotopic (exact) mass is 492 g/mol. The maximum absolute atomic E-state index is 14.7. The third-order valence-corrected chi connectivity index (χ3v) is 6.44. The summed E-state index contributed by atoms with van der Waals surface area (Å²) in [5.74, 6) is -6.19. The predicted octanol–water partition coefficient (Wildman–Crippen LogP) is 7.51. The van der Waals surface area contributed by atoms with E-state index in [0.717, 1.165) is 12.1 Å². The number of aromatic hydroxyl groups is 1. The number of hydrogen-bond donors (Lipinski definition) is 1. The van der Waals surface area contributed by atoms with E-state index in [4.69, 9.17) is 9.47 Å². The van der Waals surface area contributed by atoms with E-state index in [-0.39, 0.29) is 53.2 Å². The fourth-order valence-electron chi connectivity index (χ4n) is 4.52. The molecule has 0 aromatic heterocycles. The number of ether oxygens (including phenoxy) is 2. The molecule has 0 bridgehead atoms. The van der Waals surface area contributed by atoms with Gasteiger partial charge in [-0.2, -0.15) is 8.78 Å². The maximum atomic E-state index is 14.7. The SMILES string of the molecule is CCOc1ccc(-c2ccc(OCC3CCC(c4ccc(O)c(F)c4F)CC3)c(F)c2)c(F)c1F. The quantitative estimate of drug-likeness (QED) is 0.347. The average molecular weight is 492 g/mol. The maximum Gasteiger partial charge on any atom is 0.201 e. The second-order valence-electron chi connectivity index (χ2n) is 8.65. The number of hydrogen-bond acceptors (Lipinski definition) is 3. The van der Waals surface area contributed by atoms with Crippen LogP contribution >= 0.6 is 0 Å². The van der Waals surface area contributed by atoms with Crippen LogP contribution in [0.5, 0.6) is 17.2 Å². The number of halogens is 5. The second kappa shape index (κ2) is 10.5. The van der Waals surface area contributed by atoms with E-state index in [1.165, 1.54) is 30.3 Å². The molecule has 1 saturated carbocycles. The van der Waals surface area contributed by atoms with Gasteiger partial charge in [-0.15, -0.1) is 0 Å². The highest BCUT2D eigenvalue weighted by Crippen LogP contribution is 2.39. The predicted molar refractivity (Wildman–Crippen MR) is 121 cm³/mol. The molecule has 1 aliphatic rings. The first-order valence-corrected chi connectivity index (χ1v) is 11.5. The lowest BCUT2D eigenvalue weighted by atomic mass is 9.79. The summed E-state index contributed by atoms with van der Waals surface area (Å²) in [6, 6.07) is 9.11. The van der Waals surface area contributed by atoms with Gasteiger partial charge in [0.2, 0.25) is 11.6 Å². The third kappa shape index (κ3) is 5.21. The van der Waals surface area contributed by atoms with Gasteiger partial charge in [0.25, 0.3) is 0 Å². The first kappa shape index (κ1) is 24.8. The van der Waals surface area contributed by atoms with Gasteiger partial charge in [-0.05, 0) is 85.9 Å². The summed E-state index contributed by atoms with van der Waals surface area (Å²) in [7, 11) is 0. The van der Waals surface area contributed by atoms with E-state index in [0.29, 0.717) is 25.7 Å². The van der Waals surface area contributed by atoms with Gasteiger partial charge in [-0.3, -0.25) is 0 Å². The molecule has 0 heterocycles. The highest BCUT2D eigenvalue weighted by molar-refractivity contribution is 5.66. The molecule has 186 valence electrons. The van der Waals surface area contributed by atoms with Crippen LogP contribution in [-0.2, 0) is 0 Å². The molecule has 3 aromatic rings. The Bertz CT molecular complexity index is 1210. The minimum atomic E-state index is -1.24. The van der Waals surface area contributed by atoms with Crippen molar-refractivity contribution in [1.82, 2.24) is 0 Å². The van der Waals surface area contributed by atoms with E-state index >= 15 is 0 Å². The highest BCUT2D eigenvalue weighted by atomic mass is 19.2. The van der Waals surface area contributed by atoms with Gasteiger partial charge in [-0.25, -0.2) is 13.2 Å². The summed E-state index contributed by atoms with van der Waals surface area (Å²) < 4.78 is 81.8.